The van der Waals surface area contributed by atoms with Crippen LogP contribution in [-0.4, -0.2) is 24.9 Å². The predicted molar refractivity (Wildman–Crippen MR) is 76.0 cm³/mol. The summed E-state index contributed by atoms with van der Waals surface area (Å²) in [4.78, 5) is 0. The van der Waals surface area contributed by atoms with E-state index in [2.05, 4.69) is 11.8 Å². The van der Waals surface area contributed by atoms with E-state index in [0.29, 0.717) is 26.1 Å². The highest BCUT2D eigenvalue weighted by molar-refractivity contribution is 5.26. The lowest BCUT2D eigenvalue weighted by Crippen LogP contribution is -2.09. The van der Waals surface area contributed by atoms with E-state index in [1.54, 1.807) is 7.11 Å². The summed E-state index contributed by atoms with van der Waals surface area (Å²) in [5, 5.41) is 9.64. The summed E-state index contributed by atoms with van der Waals surface area (Å²) < 4.78 is 10.6. The third kappa shape index (κ3) is 6.85. The van der Waals surface area contributed by atoms with Crippen LogP contribution in [0.2, 0.25) is 0 Å². The van der Waals surface area contributed by atoms with Crippen molar-refractivity contribution in [2.24, 2.45) is 0 Å². The van der Waals surface area contributed by atoms with Gasteiger partial charge in [0.25, 0.3) is 0 Å². The number of hydrogen-bond donors (Lipinski definition) is 1. The van der Waals surface area contributed by atoms with Crippen molar-refractivity contribution in [1.29, 1.82) is 0 Å². The molecule has 0 amide bonds. The van der Waals surface area contributed by atoms with Crippen molar-refractivity contribution in [2.75, 3.05) is 13.7 Å². The Morgan fingerprint density at radius 2 is 1.95 bits per heavy atom. The van der Waals surface area contributed by atoms with Crippen LogP contribution in [0.5, 0.6) is 5.75 Å². The van der Waals surface area contributed by atoms with Crippen molar-refractivity contribution < 1.29 is 14.6 Å². The molecule has 0 aliphatic heterocycles. The van der Waals surface area contributed by atoms with Gasteiger partial charge >= 0.3 is 0 Å². The summed E-state index contributed by atoms with van der Waals surface area (Å²) in [5.41, 5.74) is 1.10. The van der Waals surface area contributed by atoms with Crippen LogP contribution in [0.1, 0.15) is 31.7 Å². The van der Waals surface area contributed by atoms with Gasteiger partial charge in [-0.2, -0.15) is 0 Å². The van der Waals surface area contributed by atoms with E-state index < -0.39 is 6.10 Å². The van der Waals surface area contributed by atoms with Crippen molar-refractivity contribution in [3.8, 4) is 17.6 Å². The zero-order valence-corrected chi connectivity index (χ0v) is 11.7. The van der Waals surface area contributed by atoms with Crippen LogP contribution in [0, 0.1) is 11.8 Å². The Kier molecular flexibility index (Phi) is 7.72. The summed E-state index contributed by atoms with van der Waals surface area (Å²) >= 11 is 0. The van der Waals surface area contributed by atoms with Crippen molar-refractivity contribution >= 4 is 0 Å². The Morgan fingerprint density at radius 1 is 1.21 bits per heavy atom. The highest BCUT2D eigenvalue weighted by Gasteiger charge is 2.02. The zero-order chi connectivity index (χ0) is 13.9. The second-order valence-corrected chi connectivity index (χ2v) is 4.25. The van der Waals surface area contributed by atoms with Gasteiger partial charge in [0.2, 0.25) is 0 Å². The van der Waals surface area contributed by atoms with Crippen molar-refractivity contribution in [2.45, 2.75) is 38.9 Å². The minimum absolute atomic E-state index is 0.394. The van der Waals surface area contributed by atoms with Crippen LogP contribution < -0.4 is 4.74 Å². The van der Waals surface area contributed by atoms with E-state index in [-0.39, 0.29) is 0 Å². The molecule has 0 aliphatic carbocycles. The summed E-state index contributed by atoms with van der Waals surface area (Å²) in [7, 11) is 1.65. The largest absolute Gasteiger partial charge is 0.497 e. The Hall–Kier alpha value is -1.50. The molecule has 0 aliphatic rings. The molecule has 0 spiro atoms. The maximum atomic E-state index is 9.64. The molecular formula is C16H22O3. The smallest absolute Gasteiger partial charge is 0.118 e. The van der Waals surface area contributed by atoms with E-state index in [1.165, 1.54) is 0 Å². The minimum atomic E-state index is -0.394. The van der Waals surface area contributed by atoms with Gasteiger partial charge < -0.3 is 14.6 Å². The maximum absolute atomic E-state index is 9.64. The lowest BCUT2D eigenvalue weighted by Gasteiger charge is -2.08. The van der Waals surface area contributed by atoms with Crippen LogP contribution in [0.4, 0.5) is 0 Å². The SMILES string of the molecule is CCC#CC[C@@H](O)CCOCc1ccc(OC)cc1. The number of rotatable bonds is 7. The third-order valence-electron chi connectivity index (χ3n) is 2.66. The molecule has 19 heavy (non-hydrogen) atoms. The van der Waals surface area contributed by atoms with Gasteiger partial charge in [0.15, 0.2) is 0 Å². The lowest BCUT2D eigenvalue weighted by atomic mass is 10.2. The average molecular weight is 262 g/mol. The minimum Gasteiger partial charge on any atom is -0.497 e. The fourth-order valence-corrected chi connectivity index (χ4v) is 1.55. The number of ether oxygens (including phenoxy) is 2. The van der Waals surface area contributed by atoms with Gasteiger partial charge in [0.05, 0.1) is 19.8 Å². The van der Waals surface area contributed by atoms with Gasteiger partial charge in [-0.05, 0) is 24.1 Å². The Morgan fingerprint density at radius 3 is 2.58 bits per heavy atom. The maximum Gasteiger partial charge on any atom is 0.118 e. The number of methoxy groups -OCH3 is 1. The number of aliphatic hydroxyl groups is 1. The number of aliphatic hydroxyl groups excluding tert-OH is 1. The average Bonchev–Trinajstić information content (AvgIpc) is 2.44. The summed E-state index contributed by atoms with van der Waals surface area (Å²) in [6.07, 6.45) is 1.59. The first kappa shape index (κ1) is 15.6. The first-order valence-electron chi connectivity index (χ1n) is 6.60. The van der Waals surface area contributed by atoms with Gasteiger partial charge in [-0.25, -0.2) is 0 Å². The van der Waals surface area contributed by atoms with Crippen LogP contribution in [0.3, 0.4) is 0 Å². The molecule has 1 aromatic rings. The highest BCUT2D eigenvalue weighted by atomic mass is 16.5. The fourth-order valence-electron chi connectivity index (χ4n) is 1.55. The summed E-state index contributed by atoms with van der Waals surface area (Å²) in [5.74, 6) is 6.72. The molecule has 1 aromatic carbocycles. The molecule has 3 heteroatoms. The van der Waals surface area contributed by atoms with Crippen LogP contribution >= 0.6 is 0 Å². The Balaban J connectivity index is 2.15. The molecule has 0 bridgehead atoms. The quantitative estimate of drug-likeness (QED) is 0.606. The Bertz CT molecular complexity index is 400. The monoisotopic (exact) mass is 262 g/mol. The molecule has 0 aromatic heterocycles. The van der Waals surface area contributed by atoms with Gasteiger partial charge in [-0.3, -0.25) is 0 Å². The fraction of sp³-hybridized carbons (Fsp3) is 0.500. The van der Waals surface area contributed by atoms with Crippen LogP contribution in [-0.2, 0) is 11.3 Å². The molecule has 0 saturated carbocycles. The summed E-state index contributed by atoms with van der Waals surface area (Å²) in [6, 6.07) is 7.77. The normalized spacial score (nSPS) is 11.5. The molecule has 1 N–H and O–H groups in total. The molecule has 3 nitrogen and oxygen atoms in total. The van der Waals surface area contributed by atoms with Gasteiger partial charge in [-0.15, -0.1) is 11.8 Å². The number of benzene rings is 1. The topological polar surface area (TPSA) is 38.7 Å². The first-order chi connectivity index (χ1) is 9.26. The van der Waals surface area contributed by atoms with E-state index in [4.69, 9.17) is 9.47 Å². The van der Waals surface area contributed by atoms with Crippen molar-refractivity contribution in [1.82, 2.24) is 0 Å². The van der Waals surface area contributed by atoms with Gasteiger partial charge in [-0.1, -0.05) is 19.1 Å². The van der Waals surface area contributed by atoms with Crippen LogP contribution in [0.15, 0.2) is 24.3 Å². The zero-order valence-electron chi connectivity index (χ0n) is 11.7. The molecule has 0 saturated heterocycles. The standard InChI is InChI=1S/C16H22O3/c1-3-4-5-6-15(17)11-12-19-13-14-7-9-16(18-2)10-8-14/h7-10,15,17H,3,6,11-13H2,1-2H3/t15-/m1/s1. The molecule has 1 rings (SSSR count). The van der Waals surface area contributed by atoms with Gasteiger partial charge in [0, 0.05) is 19.4 Å². The van der Waals surface area contributed by atoms with E-state index >= 15 is 0 Å². The third-order valence-corrected chi connectivity index (χ3v) is 2.66. The van der Waals surface area contributed by atoms with E-state index in [1.807, 2.05) is 31.2 Å². The second kappa shape index (κ2) is 9.43. The van der Waals surface area contributed by atoms with Gasteiger partial charge in [0.1, 0.15) is 5.75 Å². The molecule has 0 fully saturated rings. The van der Waals surface area contributed by atoms with Crippen LogP contribution in [0.25, 0.3) is 0 Å². The van der Waals surface area contributed by atoms with E-state index in [9.17, 15) is 5.11 Å². The Labute approximate surface area is 115 Å². The van der Waals surface area contributed by atoms with Crippen molar-refractivity contribution in [3.63, 3.8) is 0 Å². The molecule has 1 atom stereocenters. The molecule has 0 heterocycles. The molecule has 0 radical (unpaired) electrons. The molecule has 104 valence electrons. The molecule has 0 unspecified atom stereocenters. The second-order valence-electron chi connectivity index (χ2n) is 4.25. The number of hydrogen-bond acceptors (Lipinski definition) is 3. The predicted octanol–water partition coefficient (Wildman–Crippen LogP) is 2.77. The highest BCUT2D eigenvalue weighted by Crippen LogP contribution is 2.12. The molecular weight excluding hydrogens is 240 g/mol. The van der Waals surface area contributed by atoms with E-state index in [0.717, 1.165) is 17.7 Å². The first-order valence-corrected chi connectivity index (χ1v) is 6.60. The van der Waals surface area contributed by atoms with Crippen molar-refractivity contribution in [3.05, 3.63) is 29.8 Å². The lowest BCUT2D eigenvalue weighted by molar-refractivity contribution is 0.0753. The summed E-state index contributed by atoms with van der Waals surface area (Å²) in [6.45, 7) is 3.09.